The molecule has 1 heterocycles. The fourth-order valence-electron chi connectivity index (χ4n) is 1.99. The second-order valence-electron chi connectivity index (χ2n) is 6.04. The van der Waals surface area contributed by atoms with Crippen LogP contribution in [0.4, 0.5) is 0 Å². The van der Waals surface area contributed by atoms with Crippen molar-refractivity contribution in [2.45, 2.75) is 51.7 Å². The van der Waals surface area contributed by atoms with Crippen molar-refractivity contribution >= 4 is 11.9 Å². The van der Waals surface area contributed by atoms with E-state index in [2.05, 4.69) is 5.32 Å². The Morgan fingerprint density at radius 2 is 1.95 bits per heavy atom. The second kappa shape index (κ2) is 7.59. The number of nitrogens with one attached hydrogen (secondary N) is 1. The second-order valence-corrected chi connectivity index (χ2v) is 6.04. The normalized spacial score (nSPS) is 18.6. The molecule has 1 unspecified atom stereocenters. The molecule has 2 N–H and O–H groups in total. The first-order valence-corrected chi connectivity index (χ1v) is 7.04. The molecule has 0 bridgehead atoms. The average molecular weight is 287 g/mol. The van der Waals surface area contributed by atoms with Crippen LogP contribution in [0.5, 0.6) is 0 Å². The Kier molecular flexibility index (Phi) is 6.42. The molecule has 0 aromatic rings. The lowest BCUT2D eigenvalue weighted by Crippen LogP contribution is -2.45. The van der Waals surface area contributed by atoms with Crippen LogP contribution in [0.3, 0.4) is 0 Å². The number of amides is 1. The number of ether oxygens (including phenoxy) is 2. The van der Waals surface area contributed by atoms with Gasteiger partial charge in [0.1, 0.15) is 6.04 Å². The maximum atomic E-state index is 12.0. The summed E-state index contributed by atoms with van der Waals surface area (Å²) in [5, 5.41) is 11.8. The third kappa shape index (κ3) is 6.34. The zero-order valence-corrected chi connectivity index (χ0v) is 12.5. The number of carboxylic acid groups (broad SMARTS) is 1. The molecule has 0 aromatic carbocycles. The summed E-state index contributed by atoms with van der Waals surface area (Å²) in [4.78, 5) is 23.2. The monoisotopic (exact) mass is 287 g/mol. The maximum absolute atomic E-state index is 12.0. The number of carbonyl (C=O) groups is 2. The summed E-state index contributed by atoms with van der Waals surface area (Å²) in [6, 6.07) is -0.896. The van der Waals surface area contributed by atoms with Gasteiger partial charge in [-0.25, -0.2) is 4.79 Å². The van der Waals surface area contributed by atoms with Crippen LogP contribution in [-0.2, 0) is 19.1 Å². The summed E-state index contributed by atoms with van der Waals surface area (Å²) in [7, 11) is 0. The largest absolute Gasteiger partial charge is 0.480 e. The highest BCUT2D eigenvalue weighted by molar-refractivity contribution is 5.85. The van der Waals surface area contributed by atoms with Gasteiger partial charge in [0, 0.05) is 32.2 Å². The Morgan fingerprint density at radius 3 is 2.45 bits per heavy atom. The summed E-state index contributed by atoms with van der Waals surface area (Å²) >= 11 is 0. The lowest BCUT2D eigenvalue weighted by atomic mass is 9.99. The number of carboxylic acids is 1. The standard InChI is InChI=1S/C14H25NO5/c1-14(2,3)20-9-6-11(13(17)18)15-12(16)10-4-7-19-8-5-10/h10-11H,4-9H2,1-3H3,(H,15,16)(H,17,18). The van der Waals surface area contributed by atoms with Crippen molar-refractivity contribution in [3.8, 4) is 0 Å². The lowest BCUT2D eigenvalue weighted by molar-refractivity contribution is -0.144. The van der Waals surface area contributed by atoms with E-state index in [9.17, 15) is 9.59 Å². The molecule has 1 aliphatic heterocycles. The highest BCUT2D eigenvalue weighted by Gasteiger charge is 2.27. The van der Waals surface area contributed by atoms with E-state index in [0.29, 0.717) is 32.7 Å². The molecule has 6 heteroatoms. The molecule has 6 nitrogen and oxygen atoms in total. The molecule has 20 heavy (non-hydrogen) atoms. The predicted octanol–water partition coefficient (Wildman–Crippen LogP) is 1.19. The van der Waals surface area contributed by atoms with Crippen LogP contribution in [-0.4, -0.2) is 48.4 Å². The molecule has 0 spiro atoms. The summed E-state index contributed by atoms with van der Waals surface area (Å²) in [6.07, 6.45) is 1.56. The highest BCUT2D eigenvalue weighted by atomic mass is 16.5. The van der Waals surface area contributed by atoms with Crippen LogP contribution in [0.1, 0.15) is 40.0 Å². The van der Waals surface area contributed by atoms with Crippen molar-refractivity contribution in [1.82, 2.24) is 5.32 Å². The molecule has 1 aliphatic rings. The van der Waals surface area contributed by atoms with E-state index in [-0.39, 0.29) is 23.8 Å². The van der Waals surface area contributed by atoms with Gasteiger partial charge in [0.25, 0.3) is 0 Å². The van der Waals surface area contributed by atoms with Crippen LogP contribution in [0.2, 0.25) is 0 Å². The summed E-state index contributed by atoms with van der Waals surface area (Å²) in [6.45, 7) is 7.14. The van der Waals surface area contributed by atoms with Gasteiger partial charge in [0.05, 0.1) is 5.60 Å². The topological polar surface area (TPSA) is 84.9 Å². The molecule has 1 fully saturated rings. The number of aliphatic carboxylic acids is 1. The molecule has 0 aromatic heterocycles. The Labute approximate surface area is 119 Å². The Balaban J connectivity index is 2.41. The molecule has 0 saturated carbocycles. The highest BCUT2D eigenvalue weighted by Crippen LogP contribution is 2.15. The smallest absolute Gasteiger partial charge is 0.326 e. The van der Waals surface area contributed by atoms with Crippen molar-refractivity contribution in [2.75, 3.05) is 19.8 Å². The van der Waals surface area contributed by atoms with Crippen LogP contribution >= 0.6 is 0 Å². The summed E-state index contributed by atoms with van der Waals surface area (Å²) in [5.74, 6) is -1.37. The third-order valence-corrected chi connectivity index (χ3v) is 3.15. The van der Waals surface area contributed by atoms with Crippen molar-refractivity contribution in [3.05, 3.63) is 0 Å². The van der Waals surface area contributed by atoms with E-state index >= 15 is 0 Å². The number of hydrogen-bond donors (Lipinski definition) is 2. The molecule has 0 aliphatic carbocycles. The van der Waals surface area contributed by atoms with Crippen molar-refractivity contribution in [1.29, 1.82) is 0 Å². The molecule has 1 rings (SSSR count). The Morgan fingerprint density at radius 1 is 1.35 bits per heavy atom. The quantitative estimate of drug-likeness (QED) is 0.766. The Hall–Kier alpha value is -1.14. The van der Waals surface area contributed by atoms with Crippen LogP contribution in [0, 0.1) is 5.92 Å². The first-order chi connectivity index (χ1) is 9.29. The minimum Gasteiger partial charge on any atom is -0.480 e. The van der Waals surface area contributed by atoms with Gasteiger partial charge in [0.2, 0.25) is 5.91 Å². The van der Waals surface area contributed by atoms with Gasteiger partial charge in [-0.15, -0.1) is 0 Å². The third-order valence-electron chi connectivity index (χ3n) is 3.15. The van der Waals surface area contributed by atoms with E-state index in [1.54, 1.807) is 0 Å². The number of hydrogen-bond acceptors (Lipinski definition) is 4. The minimum absolute atomic E-state index is 0.144. The zero-order chi connectivity index (χ0) is 15.2. The molecule has 1 amide bonds. The van der Waals surface area contributed by atoms with Gasteiger partial charge in [-0.05, 0) is 33.6 Å². The number of rotatable bonds is 6. The van der Waals surface area contributed by atoms with Crippen LogP contribution in [0.25, 0.3) is 0 Å². The SMILES string of the molecule is CC(C)(C)OCCC(NC(=O)C1CCOCC1)C(=O)O. The van der Waals surface area contributed by atoms with Gasteiger partial charge in [-0.2, -0.15) is 0 Å². The number of carbonyl (C=O) groups excluding carboxylic acids is 1. The summed E-state index contributed by atoms with van der Waals surface area (Å²) in [5.41, 5.74) is -0.312. The fourth-order valence-corrected chi connectivity index (χ4v) is 1.99. The van der Waals surface area contributed by atoms with Gasteiger partial charge in [0.15, 0.2) is 0 Å². The Bertz CT molecular complexity index is 331. The summed E-state index contributed by atoms with van der Waals surface area (Å²) < 4.78 is 10.7. The first kappa shape index (κ1) is 16.9. The van der Waals surface area contributed by atoms with Crippen molar-refractivity contribution in [2.24, 2.45) is 5.92 Å². The van der Waals surface area contributed by atoms with Gasteiger partial charge in [-0.3, -0.25) is 4.79 Å². The van der Waals surface area contributed by atoms with Crippen molar-refractivity contribution in [3.63, 3.8) is 0 Å². The van der Waals surface area contributed by atoms with Gasteiger partial charge < -0.3 is 19.9 Å². The first-order valence-electron chi connectivity index (χ1n) is 7.04. The van der Waals surface area contributed by atoms with Crippen molar-refractivity contribution < 1.29 is 24.2 Å². The molecule has 1 saturated heterocycles. The van der Waals surface area contributed by atoms with Gasteiger partial charge in [-0.1, -0.05) is 0 Å². The van der Waals surface area contributed by atoms with E-state index in [0.717, 1.165) is 0 Å². The molecular weight excluding hydrogens is 262 g/mol. The van der Waals surface area contributed by atoms with E-state index in [4.69, 9.17) is 14.6 Å². The fraction of sp³-hybridized carbons (Fsp3) is 0.857. The van der Waals surface area contributed by atoms with E-state index in [1.807, 2.05) is 20.8 Å². The minimum atomic E-state index is -1.03. The molecule has 116 valence electrons. The molecule has 0 radical (unpaired) electrons. The van der Waals surface area contributed by atoms with Crippen LogP contribution < -0.4 is 5.32 Å². The molecule has 1 atom stereocenters. The lowest BCUT2D eigenvalue weighted by Gasteiger charge is -2.24. The maximum Gasteiger partial charge on any atom is 0.326 e. The van der Waals surface area contributed by atoms with Gasteiger partial charge >= 0.3 is 5.97 Å². The molecular formula is C14H25NO5. The zero-order valence-electron chi connectivity index (χ0n) is 12.5. The van der Waals surface area contributed by atoms with Crippen LogP contribution in [0.15, 0.2) is 0 Å². The average Bonchev–Trinajstić information content (AvgIpc) is 2.37. The predicted molar refractivity (Wildman–Crippen MR) is 73.4 cm³/mol. The van der Waals surface area contributed by atoms with E-state index < -0.39 is 12.0 Å². The van der Waals surface area contributed by atoms with E-state index in [1.165, 1.54) is 0 Å².